The Kier molecular flexibility index (Phi) is 7.11. The van der Waals surface area contributed by atoms with Crippen LogP contribution in [0.3, 0.4) is 0 Å². The van der Waals surface area contributed by atoms with E-state index in [0.29, 0.717) is 12.8 Å². The molecule has 0 bridgehead atoms. The fraction of sp³-hybridized carbons (Fsp3) is 0.769. The van der Waals surface area contributed by atoms with Crippen LogP contribution >= 0.6 is 0 Å². The van der Waals surface area contributed by atoms with Crippen molar-refractivity contribution in [2.75, 3.05) is 21.1 Å². The highest BCUT2D eigenvalue weighted by Gasteiger charge is 2.21. The van der Waals surface area contributed by atoms with Gasteiger partial charge in [-0.2, -0.15) is 0 Å². The van der Waals surface area contributed by atoms with Crippen LogP contribution in [0, 0.1) is 0 Å². The summed E-state index contributed by atoms with van der Waals surface area (Å²) in [6, 6.07) is -0.608. The first-order chi connectivity index (χ1) is 8.66. The van der Waals surface area contributed by atoms with Crippen molar-refractivity contribution >= 4 is 17.7 Å². The summed E-state index contributed by atoms with van der Waals surface area (Å²) in [5.41, 5.74) is 0. The van der Waals surface area contributed by atoms with Crippen LogP contribution in [0.2, 0.25) is 0 Å². The molecule has 6 nitrogen and oxygen atoms in total. The van der Waals surface area contributed by atoms with Gasteiger partial charge in [-0.15, -0.1) is 0 Å². The molecule has 0 fully saturated rings. The summed E-state index contributed by atoms with van der Waals surface area (Å²) >= 11 is 0. The van der Waals surface area contributed by atoms with Crippen molar-refractivity contribution < 1.29 is 14.4 Å². The highest BCUT2D eigenvalue weighted by Crippen LogP contribution is 2.02. The average molecular weight is 271 g/mol. The van der Waals surface area contributed by atoms with Crippen LogP contribution in [0.1, 0.15) is 33.6 Å². The van der Waals surface area contributed by atoms with Gasteiger partial charge in [-0.3, -0.25) is 14.4 Å². The highest BCUT2D eigenvalue weighted by molar-refractivity contribution is 5.86. The van der Waals surface area contributed by atoms with Crippen molar-refractivity contribution in [2.45, 2.75) is 45.7 Å². The summed E-state index contributed by atoms with van der Waals surface area (Å²) < 4.78 is 0. The van der Waals surface area contributed by atoms with Crippen molar-refractivity contribution in [1.29, 1.82) is 0 Å². The van der Waals surface area contributed by atoms with Crippen LogP contribution in [0.5, 0.6) is 0 Å². The predicted octanol–water partition coefficient (Wildman–Crippen LogP) is 0.226. The number of hydrogen-bond donors (Lipinski definition) is 1. The van der Waals surface area contributed by atoms with Crippen LogP contribution in [0.25, 0.3) is 0 Å². The van der Waals surface area contributed by atoms with Crippen LogP contribution in [-0.2, 0) is 14.4 Å². The number of carbonyl (C=O) groups is 3. The second-order valence-electron chi connectivity index (χ2n) is 5.04. The fourth-order valence-corrected chi connectivity index (χ4v) is 1.45. The monoisotopic (exact) mass is 271 g/mol. The SMILES string of the molecule is CC(=O)N(C)[C@@H](C)C(=O)N[C@@H](C)CCC(=O)N(C)C. The lowest BCUT2D eigenvalue weighted by molar-refractivity contribution is -0.137. The van der Waals surface area contributed by atoms with Crippen molar-refractivity contribution in [1.82, 2.24) is 15.1 Å². The number of amides is 3. The standard InChI is InChI=1S/C13H25N3O3/c1-9(7-8-12(18)15(4)5)14-13(19)10(2)16(6)11(3)17/h9-10H,7-8H2,1-6H3,(H,14,19)/t9-,10-/m0/s1. The molecule has 1 N–H and O–H groups in total. The van der Waals surface area contributed by atoms with E-state index in [1.165, 1.54) is 16.7 Å². The first-order valence-corrected chi connectivity index (χ1v) is 6.40. The largest absolute Gasteiger partial charge is 0.352 e. The van der Waals surface area contributed by atoms with E-state index in [1.54, 1.807) is 28.1 Å². The fourth-order valence-electron chi connectivity index (χ4n) is 1.45. The summed E-state index contributed by atoms with van der Waals surface area (Å²) in [4.78, 5) is 37.4. The Balaban J connectivity index is 4.19. The summed E-state index contributed by atoms with van der Waals surface area (Å²) in [6.07, 6.45) is 0.977. The van der Waals surface area contributed by atoms with E-state index in [9.17, 15) is 14.4 Å². The highest BCUT2D eigenvalue weighted by atomic mass is 16.2. The molecule has 110 valence electrons. The zero-order valence-corrected chi connectivity index (χ0v) is 12.7. The number of rotatable bonds is 6. The maximum absolute atomic E-state index is 11.9. The molecule has 0 aliphatic carbocycles. The maximum Gasteiger partial charge on any atom is 0.242 e. The molecule has 0 spiro atoms. The van der Waals surface area contributed by atoms with Gasteiger partial charge in [0.15, 0.2) is 0 Å². The van der Waals surface area contributed by atoms with Gasteiger partial charge in [0.2, 0.25) is 17.7 Å². The van der Waals surface area contributed by atoms with Gasteiger partial charge in [0.05, 0.1) is 0 Å². The lowest BCUT2D eigenvalue weighted by atomic mass is 10.1. The van der Waals surface area contributed by atoms with Crippen molar-refractivity contribution in [3.05, 3.63) is 0 Å². The Morgan fingerprint density at radius 2 is 1.63 bits per heavy atom. The summed E-state index contributed by atoms with van der Waals surface area (Å²) in [5.74, 6) is -0.324. The molecule has 3 amide bonds. The van der Waals surface area contributed by atoms with Crippen molar-refractivity contribution in [2.24, 2.45) is 0 Å². The molecular weight excluding hydrogens is 246 g/mol. The lowest BCUT2D eigenvalue weighted by Crippen LogP contribution is -2.47. The van der Waals surface area contributed by atoms with E-state index < -0.39 is 6.04 Å². The Labute approximate surface area is 115 Å². The van der Waals surface area contributed by atoms with Crippen LogP contribution < -0.4 is 5.32 Å². The Bertz CT molecular complexity index is 342. The quantitative estimate of drug-likeness (QED) is 0.751. The van der Waals surface area contributed by atoms with Crippen molar-refractivity contribution in [3.8, 4) is 0 Å². The smallest absolute Gasteiger partial charge is 0.242 e. The first kappa shape index (κ1) is 17.4. The molecule has 0 saturated heterocycles. The maximum atomic E-state index is 11.9. The first-order valence-electron chi connectivity index (χ1n) is 6.40. The molecule has 0 rings (SSSR count). The number of hydrogen-bond acceptors (Lipinski definition) is 3. The van der Waals surface area contributed by atoms with Crippen LogP contribution in [0.4, 0.5) is 0 Å². The minimum absolute atomic E-state index is 0.0370. The zero-order valence-electron chi connectivity index (χ0n) is 12.7. The van der Waals surface area contributed by atoms with Gasteiger partial charge in [-0.05, 0) is 20.3 Å². The number of carbonyl (C=O) groups excluding carboxylic acids is 3. The van der Waals surface area contributed by atoms with Crippen LogP contribution in [0.15, 0.2) is 0 Å². The third-order valence-electron chi connectivity index (χ3n) is 3.14. The third kappa shape index (κ3) is 6.22. The van der Waals surface area contributed by atoms with Crippen molar-refractivity contribution in [3.63, 3.8) is 0 Å². The number of nitrogens with one attached hydrogen (secondary N) is 1. The number of nitrogens with zero attached hydrogens (tertiary/aromatic N) is 2. The molecule has 0 aromatic rings. The average Bonchev–Trinajstić information content (AvgIpc) is 2.33. The molecule has 0 aromatic carbocycles. The molecule has 19 heavy (non-hydrogen) atoms. The summed E-state index contributed by atoms with van der Waals surface area (Å²) in [6.45, 7) is 4.94. The molecule has 0 unspecified atom stereocenters. The van der Waals surface area contributed by atoms with E-state index in [2.05, 4.69) is 5.32 Å². The van der Waals surface area contributed by atoms with E-state index >= 15 is 0 Å². The second kappa shape index (κ2) is 7.76. The zero-order chi connectivity index (χ0) is 15.2. The molecule has 0 aromatic heterocycles. The normalized spacial score (nSPS) is 13.4. The molecule has 0 aliphatic rings. The Morgan fingerprint density at radius 3 is 2.05 bits per heavy atom. The summed E-state index contributed by atoms with van der Waals surface area (Å²) in [7, 11) is 5.00. The van der Waals surface area contributed by atoms with E-state index in [-0.39, 0.29) is 23.8 Å². The predicted molar refractivity (Wildman–Crippen MR) is 73.4 cm³/mol. The van der Waals surface area contributed by atoms with E-state index in [4.69, 9.17) is 0 Å². The third-order valence-corrected chi connectivity index (χ3v) is 3.14. The van der Waals surface area contributed by atoms with E-state index in [0.717, 1.165) is 0 Å². The summed E-state index contributed by atoms with van der Waals surface area (Å²) in [5, 5.41) is 2.81. The molecule has 0 heterocycles. The molecule has 2 atom stereocenters. The molecule has 0 radical (unpaired) electrons. The molecule has 0 aliphatic heterocycles. The Morgan fingerprint density at radius 1 is 1.11 bits per heavy atom. The van der Waals surface area contributed by atoms with Gasteiger partial charge in [0, 0.05) is 40.5 Å². The Hall–Kier alpha value is -1.59. The minimum Gasteiger partial charge on any atom is -0.352 e. The van der Waals surface area contributed by atoms with E-state index in [1.807, 2.05) is 6.92 Å². The van der Waals surface area contributed by atoms with Gasteiger partial charge in [-0.1, -0.05) is 0 Å². The van der Waals surface area contributed by atoms with Gasteiger partial charge in [-0.25, -0.2) is 0 Å². The molecule has 6 heteroatoms. The molecule has 0 saturated carbocycles. The van der Waals surface area contributed by atoms with Gasteiger partial charge in [0.25, 0.3) is 0 Å². The topological polar surface area (TPSA) is 69.7 Å². The lowest BCUT2D eigenvalue weighted by Gasteiger charge is -2.24. The van der Waals surface area contributed by atoms with Gasteiger partial charge in [0.1, 0.15) is 6.04 Å². The minimum atomic E-state index is -0.510. The number of likely N-dealkylation sites (N-methyl/N-ethyl adjacent to an activating group) is 1. The van der Waals surface area contributed by atoms with Crippen LogP contribution in [-0.4, -0.2) is 60.7 Å². The second-order valence-corrected chi connectivity index (χ2v) is 5.04. The van der Waals surface area contributed by atoms with Gasteiger partial charge < -0.3 is 15.1 Å². The van der Waals surface area contributed by atoms with Gasteiger partial charge >= 0.3 is 0 Å². The molecular formula is C13H25N3O3.